The molecule has 4 nitrogen and oxygen atoms in total. The predicted octanol–water partition coefficient (Wildman–Crippen LogP) is 3.43. The van der Waals surface area contributed by atoms with Crippen molar-refractivity contribution in [3.63, 3.8) is 0 Å². The van der Waals surface area contributed by atoms with Crippen molar-refractivity contribution in [3.8, 4) is 5.75 Å². The van der Waals surface area contributed by atoms with Crippen LogP contribution in [-0.4, -0.2) is 22.9 Å². The average molecular weight is 291 g/mol. The molecular formula is C15H15ClN2O2. The van der Waals surface area contributed by atoms with Crippen LogP contribution >= 0.6 is 11.6 Å². The molecule has 5 heteroatoms. The van der Waals surface area contributed by atoms with E-state index >= 15 is 0 Å². The first kappa shape index (κ1) is 14.5. The van der Waals surface area contributed by atoms with Gasteiger partial charge in [0.15, 0.2) is 5.78 Å². The number of rotatable bonds is 4. The van der Waals surface area contributed by atoms with Crippen molar-refractivity contribution in [3.05, 3.63) is 52.6 Å². The minimum atomic E-state index is -0.384. The van der Waals surface area contributed by atoms with Crippen molar-refractivity contribution in [1.29, 1.82) is 0 Å². The summed E-state index contributed by atoms with van der Waals surface area (Å²) in [7, 11) is 1.57. The van der Waals surface area contributed by atoms with Crippen molar-refractivity contribution in [2.45, 2.75) is 19.8 Å². The highest BCUT2D eigenvalue weighted by molar-refractivity contribution is 6.32. The van der Waals surface area contributed by atoms with Gasteiger partial charge in [0.2, 0.25) is 0 Å². The molecule has 1 aromatic carbocycles. The Morgan fingerprint density at radius 3 is 2.60 bits per heavy atom. The predicted molar refractivity (Wildman–Crippen MR) is 77.5 cm³/mol. The summed E-state index contributed by atoms with van der Waals surface area (Å²) in [5.74, 6) is 0.170. The smallest absolute Gasteiger partial charge is 0.189 e. The Bertz CT molecular complexity index is 626. The molecule has 20 heavy (non-hydrogen) atoms. The summed E-state index contributed by atoms with van der Waals surface area (Å²) >= 11 is 6.19. The lowest BCUT2D eigenvalue weighted by Gasteiger charge is -2.13. The van der Waals surface area contributed by atoms with E-state index in [1.165, 1.54) is 6.20 Å². The quantitative estimate of drug-likeness (QED) is 0.810. The van der Waals surface area contributed by atoms with E-state index in [1.54, 1.807) is 38.4 Å². The highest BCUT2D eigenvalue weighted by Gasteiger charge is 2.21. The maximum Gasteiger partial charge on any atom is 0.189 e. The normalized spacial score (nSPS) is 12.0. The van der Waals surface area contributed by atoms with Gasteiger partial charge in [-0.05, 0) is 24.6 Å². The van der Waals surface area contributed by atoms with Crippen molar-refractivity contribution in [2.75, 3.05) is 7.11 Å². The maximum absolute atomic E-state index is 12.4. The van der Waals surface area contributed by atoms with Crippen LogP contribution in [0.1, 0.15) is 34.6 Å². The van der Waals surface area contributed by atoms with Crippen LogP contribution in [0.3, 0.4) is 0 Å². The summed E-state index contributed by atoms with van der Waals surface area (Å²) in [6.45, 7) is 3.63. The van der Waals surface area contributed by atoms with Gasteiger partial charge in [0.1, 0.15) is 11.4 Å². The molecule has 1 unspecified atom stereocenters. The molecule has 2 rings (SSSR count). The zero-order valence-electron chi connectivity index (χ0n) is 11.6. The molecule has 0 radical (unpaired) electrons. The Kier molecular flexibility index (Phi) is 4.35. The van der Waals surface area contributed by atoms with Crippen LogP contribution in [0.15, 0.2) is 30.6 Å². The number of ketones is 1. The third kappa shape index (κ3) is 2.96. The number of aryl methyl sites for hydroxylation is 1. The molecule has 0 spiro atoms. The van der Waals surface area contributed by atoms with Gasteiger partial charge in [0.25, 0.3) is 0 Å². The molecule has 0 saturated carbocycles. The Labute approximate surface area is 122 Å². The topological polar surface area (TPSA) is 52.1 Å². The average Bonchev–Trinajstić information content (AvgIpc) is 2.46. The SMILES string of the molecule is COc1ccc(C(C)C(=O)c2cnc(C)cn2)c(Cl)c1. The molecule has 104 valence electrons. The number of carbonyl (C=O) groups excluding carboxylic acids is 1. The standard InChI is InChI=1S/C15H15ClN2O2/c1-9-7-18-14(8-17-9)15(19)10(2)12-5-4-11(20-3)6-13(12)16/h4-8,10H,1-3H3. The summed E-state index contributed by atoms with van der Waals surface area (Å²) in [5.41, 5.74) is 1.87. The monoisotopic (exact) mass is 290 g/mol. The number of benzene rings is 1. The third-order valence-electron chi connectivity index (χ3n) is 3.10. The van der Waals surface area contributed by atoms with E-state index in [2.05, 4.69) is 9.97 Å². The number of hydrogen-bond donors (Lipinski definition) is 0. The Balaban J connectivity index is 2.28. The Morgan fingerprint density at radius 2 is 2.05 bits per heavy atom. The molecule has 0 N–H and O–H groups in total. The lowest BCUT2D eigenvalue weighted by atomic mass is 9.95. The van der Waals surface area contributed by atoms with E-state index in [4.69, 9.17) is 16.3 Å². The van der Waals surface area contributed by atoms with Crippen LogP contribution in [-0.2, 0) is 0 Å². The number of carbonyl (C=O) groups is 1. The lowest BCUT2D eigenvalue weighted by molar-refractivity contribution is 0.0960. The lowest BCUT2D eigenvalue weighted by Crippen LogP contribution is -2.12. The minimum Gasteiger partial charge on any atom is -0.497 e. The maximum atomic E-state index is 12.4. The molecule has 0 aliphatic heterocycles. The van der Waals surface area contributed by atoms with Crippen LogP contribution in [0, 0.1) is 6.92 Å². The van der Waals surface area contributed by atoms with E-state index < -0.39 is 0 Å². The number of ether oxygens (including phenoxy) is 1. The fraction of sp³-hybridized carbons (Fsp3) is 0.267. The zero-order chi connectivity index (χ0) is 14.7. The Morgan fingerprint density at radius 1 is 1.30 bits per heavy atom. The number of nitrogens with zero attached hydrogens (tertiary/aromatic N) is 2. The van der Waals surface area contributed by atoms with Gasteiger partial charge in [0, 0.05) is 17.1 Å². The number of aromatic nitrogens is 2. The summed E-state index contributed by atoms with van der Waals surface area (Å²) in [4.78, 5) is 20.6. The number of halogens is 1. The Hall–Kier alpha value is -1.94. The zero-order valence-corrected chi connectivity index (χ0v) is 12.3. The molecule has 0 bridgehead atoms. The molecule has 0 saturated heterocycles. The van der Waals surface area contributed by atoms with Crippen LogP contribution in [0.2, 0.25) is 5.02 Å². The van der Waals surface area contributed by atoms with E-state index in [0.29, 0.717) is 16.5 Å². The van der Waals surface area contributed by atoms with Gasteiger partial charge in [-0.3, -0.25) is 9.78 Å². The van der Waals surface area contributed by atoms with Gasteiger partial charge >= 0.3 is 0 Å². The van der Waals surface area contributed by atoms with Crippen LogP contribution in [0.25, 0.3) is 0 Å². The van der Waals surface area contributed by atoms with Gasteiger partial charge in [0.05, 0.1) is 19.0 Å². The molecule has 1 atom stereocenters. The number of Topliss-reactive ketones (excluding diaryl/α,β-unsaturated/α-hetero) is 1. The first-order chi connectivity index (χ1) is 9.52. The van der Waals surface area contributed by atoms with Crippen LogP contribution in [0.4, 0.5) is 0 Å². The highest BCUT2D eigenvalue weighted by atomic mass is 35.5. The molecule has 1 heterocycles. The first-order valence-corrected chi connectivity index (χ1v) is 6.57. The molecule has 0 fully saturated rings. The molecule has 2 aromatic rings. The van der Waals surface area contributed by atoms with Crippen molar-refractivity contribution in [1.82, 2.24) is 9.97 Å². The fourth-order valence-electron chi connectivity index (χ4n) is 1.87. The van der Waals surface area contributed by atoms with Crippen molar-refractivity contribution < 1.29 is 9.53 Å². The first-order valence-electron chi connectivity index (χ1n) is 6.19. The van der Waals surface area contributed by atoms with Crippen LogP contribution in [0.5, 0.6) is 5.75 Å². The molecule has 1 aromatic heterocycles. The molecule has 0 aliphatic rings. The van der Waals surface area contributed by atoms with Gasteiger partial charge in [-0.25, -0.2) is 4.98 Å². The van der Waals surface area contributed by atoms with E-state index in [9.17, 15) is 4.79 Å². The number of hydrogen-bond acceptors (Lipinski definition) is 4. The summed E-state index contributed by atoms with van der Waals surface area (Å²) in [5, 5.41) is 0.505. The van der Waals surface area contributed by atoms with Gasteiger partial charge in [-0.15, -0.1) is 0 Å². The molecular weight excluding hydrogens is 276 g/mol. The summed E-state index contributed by atoms with van der Waals surface area (Å²) in [6.07, 6.45) is 3.07. The molecule has 0 aliphatic carbocycles. The number of methoxy groups -OCH3 is 1. The minimum absolute atomic E-state index is 0.107. The van der Waals surface area contributed by atoms with E-state index in [1.807, 2.05) is 6.92 Å². The van der Waals surface area contributed by atoms with Gasteiger partial charge in [-0.1, -0.05) is 24.6 Å². The van der Waals surface area contributed by atoms with Gasteiger partial charge in [-0.2, -0.15) is 0 Å². The van der Waals surface area contributed by atoms with Gasteiger partial charge < -0.3 is 4.74 Å². The summed E-state index contributed by atoms with van der Waals surface area (Å²) < 4.78 is 5.10. The molecule has 0 amide bonds. The third-order valence-corrected chi connectivity index (χ3v) is 3.43. The second-order valence-electron chi connectivity index (χ2n) is 4.52. The second kappa shape index (κ2) is 6.01. The second-order valence-corrected chi connectivity index (χ2v) is 4.92. The summed E-state index contributed by atoms with van der Waals surface area (Å²) in [6, 6.07) is 5.28. The van der Waals surface area contributed by atoms with Crippen molar-refractivity contribution in [2.24, 2.45) is 0 Å². The van der Waals surface area contributed by atoms with Crippen molar-refractivity contribution >= 4 is 17.4 Å². The largest absolute Gasteiger partial charge is 0.497 e. The fourth-order valence-corrected chi connectivity index (χ4v) is 2.20. The van der Waals surface area contributed by atoms with Crippen LogP contribution < -0.4 is 4.74 Å². The van der Waals surface area contributed by atoms with E-state index in [-0.39, 0.29) is 11.7 Å². The highest BCUT2D eigenvalue weighted by Crippen LogP contribution is 2.30. The van der Waals surface area contributed by atoms with E-state index in [0.717, 1.165) is 11.3 Å².